The zero-order chi connectivity index (χ0) is 16.9. The molecule has 126 valence electrons. The highest BCUT2D eigenvalue weighted by molar-refractivity contribution is 5.79. The highest BCUT2D eigenvalue weighted by Gasteiger charge is 2.39. The molecule has 1 fully saturated rings. The van der Waals surface area contributed by atoms with Crippen LogP contribution in [-0.2, 0) is 9.59 Å². The molecule has 1 aliphatic carbocycles. The number of carbonyl (C=O) groups is 2. The number of aliphatic carboxylic acids is 1. The number of carboxylic acid groups (broad SMARTS) is 1. The van der Waals surface area contributed by atoms with E-state index in [0.29, 0.717) is 18.4 Å². The van der Waals surface area contributed by atoms with E-state index in [2.05, 4.69) is 5.32 Å². The summed E-state index contributed by atoms with van der Waals surface area (Å²) in [5.74, 6) is -1.63. The van der Waals surface area contributed by atoms with Crippen LogP contribution in [0.1, 0.15) is 56.9 Å². The molecule has 23 heavy (non-hydrogen) atoms. The number of hydrogen-bond acceptors (Lipinski definition) is 2. The highest BCUT2D eigenvalue weighted by Crippen LogP contribution is 2.36. The molecule has 1 aliphatic rings. The zero-order valence-corrected chi connectivity index (χ0v) is 13.5. The molecule has 0 saturated heterocycles. The maximum absolute atomic E-state index is 13.7. The molecule has 1 unspecified atom stereocenters. The maximum atomic E-state index is 13.7. The van der Waals surface area contributed by atoms with Crippen LogP contribution >= 0.6 is 0 Å². The van der Waals surface area contributed by atoms with Crippen molar-refractivity contribution in [3.63, 3.8) is 0 Å². The topological polar surface area (TPSA) is 66.4 Å². The van der Waals surface area contributed by atoms with E-state index in [9.17, 15) is 19.1 Å². The minimum absolute atomic E-state index is 0.149. The van der Waals surface area contributed by atoms with Crippen LogP contribution in [-0.4, -0.2) is 23.5 Å². The monoisotopic (exact) mass is 321 g/mol. The summed E-state index contributed by atoms with van der Waals surface area (Å²) in [6.45, 7) is 1.96. The van der Waals surface area contributed by atoms with Gasteiger partial charge in [0.2, 0.25) is 5.91 Å². The Balaban J connectivity index is 1.91. The molecule has 1 atom stereocenters. The van der Waals surface area contributed by atoms with E-state index in [0.717, 1.165) is 19.3 Å². The van der Waals surface area contributed by atoms with Crippen LogP contribution in [0.2, 0.25) is 0 Å². The first-order valence-electron chi connectivity index (χ1n) is 8.19. The zero-order valence-electron chi connectivity index (χ0n) is 13.5. The Morgan fingerprint density at radius 3 is 2.52 bits per heavy atom. The molecule has 1 saturated carbocycles. The lowest BCUT2D eigenvalue weighted by molar-refractivity contribution is -0.151. The molecule has 4 nitrogen and oxygen atoms in total. The second-order valence-electron chi connectivity index (χ2n) is 6.55. The summed E-state index contributed by atoms with van der Waals surface area (Å²) in [6.07, 6.45) is 4.17. The number of carboxylic acids is 1. The van der Waals surface area contributed by atoms with E-state index in [-0.39, 0.29) is 30.6 Å². The van der Waals surface area contributed by atoms with Gasteiger partial charge in [0, 0.05) is 13.0 Å². The van der Waals surface area contributed by atoms with E-state index in [1.807, 2.05) is 0 Å². The molecule has 2 rings (SSSR count). The maximum Gasteiger partial charge on any atom is 0.311 e. The molecule has 1 amide bonds. The van der Waals surface area contributed by atoms with Crippen LogP contribution in [0.5, 0.6) is 0 Å². The molecule has 0 spiro atoms. The lowest BCUT2D eigenvalue weighted by Crippen LogP contribution is -2.44. The van der Waals surface area contributed by atoms with Gasteiger partial charge in [-0.15, -0.1) is 0 Å². The van der Waals surface area contributed by atoms with Crippen molar-refractivity contribution >= 4 is 11.9 Å². The average molecular weight is 321 g/mol. The number of rotatable bonds is 6. The summed E-state index contributed by atoms with van der Waals surface area (Å²) in [6, 6.07) is 6.41. The number of hydrogen-bond donors (Lipinski definition) is 2. The lowest BCUT2D eigenvalue weighted by atomic mass is 9.74. The van der Waals surface area contributed by atoms with Gasteiger partial charge in [-0.25, -0.2) is 4.39 Å². The third-order valence-electron chi connectivity index (χ3n) is 4.82. The van der Waals surface area contributed by atoms with E-state index >= 15 is 0 Å². The Morgan fingerprint density at radius 1 is 1.26 bits per heavy atom. The van der Waals surface area contributed by atoms with Gasteiger partial charge in [-0.3, -0.25) is 9.59 Å². The Hall–Kier alpha value is -1.91. The van der Waals surface area contributed by atoms with Gasteiger partial charge < -0.3 is 10.4 Å². The summed E-state index contributed by atoms with van der Waals surface area (Å²) < 4.78 is 13.7. The fourth-order valence-electron chi connectivity index (χ4n) is 3.30. The average Bonchev–Trinajstić information content (AvgIpc) is 2.54. The summed E-state index contributed by atoms with van der Waals surface area (Å²) in [5.41, 5.74) is -0.330. The molecule has 1 aromatic rings. The summed E-state index contributed by atoms with van der Waals surface area (Å²) in [5, 5.41) is 12.2. The van der Waals surface area contributed by atoms with Crippen molar-refractivity contribution in [2.75, 3.05) is 6.54 Å². The van der Waals surface area contributed by atoms with Gasteiger partial charge in [0.15, 0.2) is 0 Å². The number of carbonyl (C=O) groups excluding carboxylic acids is 1. The van der Waals surface area contributed by atoms with E-state index in [4.69, 9.17) is 0 Å². The highest BCUT2D eigenvalue weighted by atomic mass is 19.1. The second kappa shape index (κ2) is 7.57. The lowest BCUT2D eigenvalue weighted by Gasteiger charge is -2.33. The third kappa shape index (κ3) is 4.30. The molecule has 5 heteroatoms. The molecule has 0 aromatic heterocycles. The molecule has 0 bridgehead atoms. The first kappa shape index (κ1) is 17.4. The first-order chi connectivity index (χ1) is 10.9. The van der Waals surface area contributed by atoms with Crippen LogP contribution in [0.15, 0.2) is 24.3 Å². The number of halogens is 1. The molecule has 0 radical (unpaired) electrons. The fourth-order valence-corrected chi connectivity index (χ4v) is 3.30. The third-order valence-corrected chi connectivity index (χ3v) is 4.82. The van der Waals surface area contributed by atoms with Crippen molar-refractivity contribution in [1.29, 1.82) is 0 Å². The fraction of sp³-hybridized carbons (Fsp3) is 0.556. The van der Waals surface area contributed by atoms with Crippen molar-refractivity contribution in [3.8, 4) is 0 Å². The van der Waals surface area contributed by atoms with Crippen LogP contribution < -0.4 is 5.32 Å². The van der Waals surface area contributed by atoms with Gasteiger partial charge in [-0.05, 0) is 30.4 Å². The standard InChI is InChI=1S/C18H24FNO3/c1-13(14-7-3-4-8-15(14)19)11-16(21)20-12-18(17(22)23)9-5-2-6-10-18/h3-4,7-8,13H,2,5-6,9-12H2,1H3,(H,20,21)(H,22,23). The van der Waals surface area contributed by atoms with Crippen LogP contribution in [0.4, 0.5) is 4.39 Å². The van der Waals surface area contributed by atoms with Gasteiger partial charge in [0.1, 0.15) is 5.82 Å². The molecule has 1 aromatic carbocycles. The summed E-state index contributed by atoms with van der Waals surface area (Å²) in [7, 11) is 0. The van der Waals surface area contributed by atoms with Crippen LogP contribution in [0.3, 0.4) is 0 Å². The van der Waals surface area contributed by atoms with E-state index in [1.54, 1.807) is 25.1 Å². The summed E-state index contributed by atoms with van der Waals surface area (Å²) >= 11 is 0. The van der Waals surface area contributed by atoms with Crippen molar-refractivity contribution in [3.05, 3.63) is 35.6 Å². The SMILES string of the molecule is CC(CC(=O)NCC1(C(=O)O)CCCCC1)c1ccccc1F. The molecular weight excluding hydrogens is 297 g/mol. The molecule has 0 heterocycles. The van der Waals surface area contributed by atoms with E-state index in [1.165, 1.54) is 6.07 Å². The van der Waals surface area contributed by atoms with Crippen molar-refractivity contribution < 1.29 is 19.1 Å². The smallest absolute Gasteiger partial charge is 0.311 e. The minimum Gasteiger partial charge on any atom is -0.481 e. The van der Waals surface area contributed by atoms with Crippen LogP contribution in [0, 0.1) is 11.2 Å². The molecule has 0 aliphatic heterocycles. The number of nitrogens with one attached hydrogen (secondary N) is 1. The Morgan fingerprint density at radius 2 is 1.91 bits per heavy atom. The van der Waals surface area contributed by atoms with Gasteiger partial charge in [-0.2, -0.15) is 0 Å². The Bertz CT molecular complexity index is 567. The van der Waals surface area contributed by atoms with Crippen molar-refractivity contribution in [2.45, 2.75) is 51.4 Å². The first-order valence-corrected chi connectivity index (χ1v) is 8.19. The minimum atomic E-state index is -0.838. The predicted octanol–water partition coefficient (Wildman–Crippen LogP) is 3.47. The predicted molar refractivity (Wildman–Crippen MR) is 85.6 cm³/mol. The van der Waals surface area contributed by atoms with Gasteiger partial charge >= 0.3 is 5.97 Å². The van der Waals surface area contributed by atoms with Gasteiger partial charge in [-0.1, -0.05) is 44.4 Å². The summed E-state index contributed by atoms with van der Waals surface area (Å²) in [4.78, 5) is 23.7. The van der Waals surface area contributed by atoms with Crippen LogP contribution in [0.25, 0.3) is 0 Å². The normalized spacial score (nSPS) is 18.2. The largest absolute Gasteiger partial charge is 0.481 e. The Labute approximate surface area is 136 Å². The number of benzene rings is 1. The quantitative estimate of drug-likeness (QED) is 0.843. The van der Waals surface area contributed by atoms with Crippen molar-refractivity contribution in [2.24, 2.45) is 5.41 Å². The second-order valence-corrected chi connectivity index (χ2v) is 6.55. The Kier molecular flexibility index (Phi) is 5.74. The van der Waals surface area contributed by atoms with Gasteiger partial charge in [0.05, 0.1) is 5.41 Å². The number of amides is 1. The van der Waals surface area contributed by atoms with Crippen molar-refractivity contribution in [1.82, 2.24) is 5.32 Å². The van der Waals surface area contributed by atoms with E-state index < -0.39 is 11.4 Å². The molecular formula is C18H24FNO3. The van der Waals surface area contributed by atoms with Gasteiger partial charge in [0.25, 0.3) is 0 Å². The molecule has 2 N–H and O–H groups in total.